The SMILES string of the molecule is C=CCNC(=O)C(C)Sc1nnc(N2CCOCC2)n1-c1cccc(F)c1. The lowest BCUT2D eigenvalue weighted by atomic mass is 10.3. The molecule has 1 aliphatic rings. The first-order valence-corrected chi connectivity index (χ1v) is 9.57. The predicted octanol–water partition coefficient (Wildman–Crippen LogP) is 2.03. The van der Waals surface area contributed by atoms with Gasteiger partial charge in [-0.3, -0.25) is 9.36 Å². The zero-order valence-corrected chi connectivity index (χ0v) is 15.9. The fourth-order valence-corrected chi connectivity index (χ4v) is 3.56. The van der Waals surface area contributed by atoms with Crippen molar-refractivity contribution in [2.24, 2.45) is 0 Å². The highest BCUT2D eigenvalue weighted by molar-refractivity contribution is 8.00. The number of nitrogens with one attached hydrogen (secondary N) is 1. The predicted molar refractivity (Wildman–Crippen MR) is 103 cm³/mol. The van der Waals surface area contributed by atoms with Crippen LogP contribution >= 0.6 is 11.8 Å². The van der Waals surface area contributed by atoms with Gasteiger partial charge >= 0.3 is 0 Å². The highest BCUT2D eigenvalue weighted by Gasteiger charge is 2.24. The second kappa shape index (κ2) is 9.01. The molecule has 3 rings (SSSR count). The fourth-order valence-electron chi connectivity index (χ4n) is 2.68. The van der Waals surface area contributed by atoms with Crippen LogP contribution in [0, 0.1) is 5.82 Å². The Hall–Kier alpha value is -2.39. The van der Waals surface area contributed by atoms with E-state index in [4.69, 9.17) is 4.74 Å². The van der Waals surface area contributed by atoms with Crippen molar-refractivity contribution in [1.82, 2.24) is 20.1 Å². The Bertz CT molecular complexity index is 807. The van der Waals surface area contributed by atoms with E-state index >= 15 is 0 Å². The van der Waals surface area contributed by atoms with Crippen molar-refractivity contribution < 1.29 is 13.9 Å². The molecule has 0 saturated carbocycles. The lowest BCUT2D eigenvalue weighted by molar-refractivity contribution is -0.120. The molecular weight excluding hydrogens is 369 g/mol. The van der Waals surface area contributed by atoms with Crippen LogP contribution in [-0.4, -0.2) is 58.8 Å². The van der Waals surface area contributed by atoms with Gasteiger partial charge in [-0.25, -0.2) is 4.39 Å². The number of carbonyl (C=O) groups excluding carboxylic acids is 1. The van der Waals surface area contributed by atoms with Crippen molar-refractivity contribution in [2.75, 3.05) is 37.7 Å². The third-order valence-electron chi connectivity index (χ3n) is 4.05. The van der Waals surface area contributed by atoms with E-state index in [2.05, 4.69) is 22.1 Å². The number of morpholine rings is 1. The zero-order valence-electron chi connectivity index (χ0n) is 15.1. The molecule has 1 aliphatic heterocycles. The molecule has 144 valence electrons. The van der Waals surface area contributed by atoms with Crippen molar-refractivity contribution in [1.29, 1.82) is 0 Å². The summed E-state index contributed by atoms with van der Waals surface area (Å²) in [6, 6.07) is 6.26. The number of benzene rings is 1. The molecule has 1 aromatic carbocycles. The van der Waals surface area contributed by atoms with Crippen LogP contribution in [0.5, 0.6) is 0 Å². The van der Waals surface area contributed by atoms with Gasteiger partial charge in [-0.1, -0.05) is 23.9 Å². The maximum atomic E-state index is 13.8. The van der Waals surface area contributed by atoms with Crippen molar-refractivity contribution >= 4 is 23.6 Å². The monoisotopic (exact) mass is 391 g/mol. The Morgan fingerprint density at radius 2 is 2.22 bits per heavy atom. The number of carbonyl (C=O) groups is 1. The number of hydrogen-bond acceptors (Lipinski definition) is 6. The highest BCUT2D eigenvalue weighted by atomic mass is 32.2. The first-order valence-electron chi connectivity index (χ1n) is 8.69. The van der Waals surface area contributed by atoms with E-state index in [9.17, 15) is 9.18 Å². The van der Waals surface area contributed by atoms with Crippen molar-refractivity contribution in [3.05, 3.63) is 42.7 Å². The molecule has 0 aliphatic carbocycles. The zero-order chi connectivity index (χ0) is 19.2. The Morgan fingerprint density at radius 1 is 1.44 bits per heavy atom. The van der Waals surface area contributed by atoms with Crippen molar-refractivity contribution in [3.8, 4) is 5.69 Å². The number of halogens is 1. The summed E-state index contributed by atoms with van der Waals surface area (Å²) in [5.74, 6) is 0.147. The molecule has 2 aromatic rings. The van der Waals surface area contributed by atoms with E-state index in [1.165, 1.54) is 23.9 Å². The van der Waals surface area contributed by atoms with Crippen molar-refractivity contribution in [2.45, 2.75) is 17.3 Å². The summed E-state index contributed by atoms with van der Waals surface area (Å²) in [6.45, 7) is 8.33. The Labute approximate surface area is 161 Å². The summed E-state index contributed by atoms with van der Waals surface area (Å²) in [7, 11) is 0. The minimum absolute atomic E-state index is 0.124. The van der Waals surface area contributed by atoms with Crippen LogP contribution in [0.25, 0.3) is 5.69 Å². The summed E-state index contributed by atoms with van der Waals surface area (Å²) in [4.78, 5) is 14.2. The summed E-state index contributed by atoms with van der Waals surface area (Å²) in [5.41, 5.74) is 0.614. The summed E-state index contributed by atoms with van der Waals surface area (Å²) < 4.78 is 21.0. The molecule has 1 N–H and O–H groups in total. The van der Waals surface area contributed by atoms with Gasteiger partial charge in [0.25, 0.3) is 0 Å². The van der Waals surface area contributed by atoms with Crippen LogP contribution < -0.4 is 10.2 Å². The maximum absolute atomic E-state index is 13.8. The van der Waals surface area contributed by atoms with E-state index in [1.807, 2.05) is 4.90 Å². The molecule has 1 unspecified atom stereocenters. The number of aromatic nitrogens is 3. The highest BCUT2D eigenvalue weighted by Crippen LogP contribution is 2.29. The van der Waals surface area contributed by atoms with Gasteiger partial charge in [0.05, 0.1) is 24.2 Å². The normalized spacial score (nSPS) is 15.4. The first kappa shape index (κ1) is 19.4. The Balaban J connectivity index is 1.92. The smallest absolute Gasteiger partial charge is 0.233 e. The van der Waals surface area contributed by atoms with Gasteiger partial charge in [-0.15, -0.1) is 16.8 Å². The topological polar surface area (TPSA) is 72.3 Å². The standard InChI is InChI=1S/C18H22FN5O2S/c1-3-7-20-16(25)13(2)27-18-22-21-17(23-8-10-26-11-9-23)24(18)15-6-4-5-14(19)12-15/h3-6,12-13H,1,7-11H2,2H3,(H,20,25). The number of rotatable bonds is 7. The molecular formula is C18H22FN5O2S. The number of ether oxygens (including phenoxy) is 1. The van der Waals surface area contributed by atoms with Crippen LogP contribution in [0.1, 0.15) is 6.92 Å². The van der Waals surface area contributed by atoms with Gasteiger partial charge in [-0.05, 0) is 25.1 Å². The van der Waals surface area contributed by atoms with Crippen LogP contribution in [0.2, 0.25) is 0 Å². The van der Waals surface area contributed by atoms with Crippen LogP contribution in [0.15, 0.2) is 42.1 Å². The molecule has 7 nitrogen and oxygen atoms in total. The number of anilines is 1. The minimum Gasteiger partial charge on any atom is -0.378 e. The van der Waals surface area contributed by atoms with Gasteiger partial charge in [0.1, 0.15) is 5.82 Å². The second-order valence-electron chi connectivity index (χ2n) is 5.99. The van der Waals surface area contributed by atoms with Crippen LogP contribution in [-0.2, 0) is 9.53 Å². The molecule has 1 fully saturated rings. The van der Waals surface area contributed by atoms with E-state index < -0.39 is 0 Å². The average Bonchev–Trinajstić information content (AvgIpc) is 3.10. The molecule has 1 aromatic heterocycles. The largest absolute Gasteiger partial charge is 0.378 e. The quantitative estimate of drug-likeness (QED) is 0.575. The average molecular weight is 391 g/mol. The molecule has 2 heterocycles. The maximum Gasteiger partial charge on any atom is 0.233 e. The molecule has 0 spiro atoms. The molecule has 1 amide bonds. The van der Waals surface area contributed by atoms with Crippen LogP contribution in [0.4, 0.5) is 10.3 Å². The Kier molecular flexibility index (Phi) is 6.46. The van der Waals surface area contributed by atoms with Gasteiger partial charge < -0.3 is 15.0 Å². The fraction of sp³-hybridized carbons (Fsp3) is 0.389. The first-order chi connectivity index (χ1) is 13.1. The van der Waals surface area contributed by atoms with E-state index in [1.54, 1.807) is 29.7 Å². The Morgan fingerprint density at radius 3 is 2.93 bits per heavy atom. The van der Waals surface area contributed by atoms with E-state index in [0.29, 0.717) is 49.6 Å². The molecule has 0 radical (unpaired) electrons. The molecule has 27 heavy (non-hydrogen) atoms. The third kappa shape index (κ3) is 4.67. The van der Waals surface area contributed by atoms with Gasteiger partial charge in [0.2, 0.25) is 11.9 Å². The van der Waals surface area contributed by atoms with Crippen LogP contribution in [0.3, 0.4) is 0 Å². The number of amides is 1. The molecule has 0 bridgehead atoms. The molecule has 9 heteroatoms. The summed E-state index contributed by atoms with van der Waals surface area (Å²) in [6.07, 6.45) is 1.63. The van der Waals surface area contributed by atoms with E-state index in [-0.39, 0.29) is 17.0 Å². The minimum atomic E-state index is -0.390. The molecule has 1 saturated heterocycles. The summed E-state index contributed by atoms with van der Waals surface area (Å²) >= 11 is 1.28. The van der Waals surface area contributed by atoms with Gasteiger partial charge in [0.15, 0.2) is 5.16 Å². The van der Waals surface area contributed by atoms with Crippen molar-refractivity contribution in [3.63, 3.8) is 0 Å². The number of hydrogen-bond donors (Lipinski definition) is 1. The third-order valence-corrected chi connectivity index (χ3v) is 5.09. The number of nitrogens with zero attached hydrogens (tertiary/aromatic N) is 4. The lowest BCUT2D eigenvalue weighted by Crippen LogP contribution is -2.38. The van der Waals surface area contributed by atoms with E-state index in [0.717, 1.165) is 0 Å². The summed E-state index contributed by atoms with van der Waals surface area (Å²) in [5, 5.41) is 11.5. The number of thioether (sulfide) groups is 1. The van der Waals surface area contributed by atoms with Gasteiger partial charge in [0, 0.05) is 19.6 Å². The lowest BCUT2D eigenvalue weighted by Gasteiger charge is -2.28. The molecule has 1 atom stereocenters. The van der Waals surface area contributed by atoms with Gasteiger partial charge in [-0.2, -0.15) is 0 Å². The second-order valence-corrected chi connectivity index (χ2v) is 7.30.